The Morgan fingerprint density at radius 1 is 1.33 bits per heavy atom. The molecule has 6 heteroatoms. The van der Waals surface area contributed by atoms with Crippen molar-refractivity contribution in [3.8, 4) is 5.75 Å². The van der Waals surface area contributed by atoms with Crippen LogP contribution in [-0.4, -0.2) is 24.0 Å². The number of nitrogens with zero attached hydrogens (tertiary/aromatic N) is 1. The van der Waals surface area contributed by atoms with Crippen LogP contribution in [0.3, 0.4) is 0 Å². The summed E-state index contributed by atoms with van der Waals surface area (Å²) in [5, 5.41) is 0. The molecule has 0 saturated carbocycles. The number of hydrogen-bond acceptors (Lipinski definition) is 4. The number of rotatable bonds is 6. The van der Waals surface area contributed by atoms with Crippen molar-refractivity contribution >= 4 is 40.1 Å². The lowest BCUT2D eigenvalue weighted by Crippen LogP contribution is -2.17. The van der Waals surface area contributed by atoms with E-state index >= 15 is 0 Å². The molecular formula is C15H17ClN2OS2. The largest absolute Gasteiger partial charge is 0.496 e. The molecule has 21 heavy (non-hydrogen) atoms. The molecule has 0 aliphatic rings. The number of nitrogens with two attached hydrogens (primary N) is 1. The highest BCUT2D eigenvalue weighted by Crippen LogP contribution is 2.24. The monoisotopic (exact) mass is 340 g/mol. The molecular weight excluding hydrogens is 324 g/mol. The number of thiocarbonyl (C=S) groups is 1. The summed E-state index contributed by atoms with van der Waals surface area (Å²) in [5.74, 6) is 0.707. The number of hydrogen-bond donors (Lipinski definition) is 1. The zero-order valence-corrected chi connectivity index (χ0v) is 14.3. The fraction of sp³-hybridized carbons (Fsp3) is 0.267. The van der Waals surface area contributed by atoms with Crippen molar-refractivity contribution < 1.29 is 4.74 Å². The SMILES string of the molecule is COc1ccc(CN(C)Cc2ccc(Cl)s2)cc1C(N)=S. The van der Waals surface area contributed by atoms with Crippen LogP contribution in [-0.2, 0) is 13.1 Å². The third kappa shape index (κ3) is 4.41. The van der Waals surface area contributed by atoms with E-state index in [1.54, 1.807) is 18.4 Å². The predicted octanol–water partition coefficient (Wildman–Crippen LogP) is 3.68. The first-order valence-electron chi connectivity index (χ1n) is 6.39. The highest BCUT2D eigenvalue weighted by Gasteiger charge is 2.09. The van der Waals surface area contributed by atoms with Gasteiger partial charge in [-0.05, 0) is 36.9 Å². The molecule has 0 unspecified atom stereocenters. The number of thiophene rings is 1. The van der Waals surface area contributed by atoms with Gasteiger partial charge in [-0.3, -0.25) is 4.90 Å². The minimum absolute atomic E-state index is 0.349. The number of halogens is 1. The Morgan fingerprint density at radius 2 is 2.10 bits per heavy atom. The lowest BCUT2D eigenvalue weighted by Gasteiger charge is -2.17. The third-order valence-electron chi connectivity index (χ3n) is 3.04. The van der Waals surface area contributed by atoms with Crippen LogP contribution in [0.2, 0.25) is 4.34 Å². The second kappa shape index (κ2) is 7.22. The van der Waals surface area contributed by atoms with Gasteiger partial charge < -0.3 is 10.5 Å². The van der Waals surface area contributed by atoms with Crippen molar-refractivity contribution in [3.63, 3.8) is 0 Å². The van der Waals surface area contributed by atoms with Crippen molar-refractivity contribution in [3.05, 3.63) is 50.7 Å². The molecule has 1 aromatic carbocycles. The molecule has 0 amide bonds. The van der Waals surface area contributed by atoms with E-state index in [4.69, 9.17) is 34.3 Å². The molecule has 3 nitrogen and oxygen atoms in total. The molecule has 0 fully saturated rings. The van der Waals surface area contributed by atoms with Crippen LogP contribution in [0, 0.1) is 0 Å². The van der Waals surface area contributed by atoms with Crippen molar-refractivity contribution in [2.24, 2.45) is 5.73 Å². The summed E-state index contributed by atoms with van der Waals surface area (Å²) in [6.07, 6.45) is 0. The summed E-state index contributed by atoms with van der Waals surface area (Å²) < 4.78 is 6.09. The molecule has 0 saturated heterocycles. The van der Waals surface area contributed by atoms with Crippen molar-refractivity contribution in [1.82, 2.24) is 4.90 Å². The first kappa shape index (κ1) is 16.2. The van der Waals surface area contributed by atoms with Crippen LogP contribution >= 0.6 is 35.2 Å². The molecule has 0 radical (unpaired) electrons. The van der Waals surface area contributed by atoms with E-state index in [1.807, 2.05) is 24.3 Å². The van der Waals surface area contributed by atoms with Gasteiger partial charge >= 0.3 is 0 Å². The Balaban J connectivity index is 2.08. The van der Waals surface area contributed by atoms with Crippen LogP contribution in [0.4, 0.5) is 0 Å². The molecule has 2 rings (SSSR count). The maximum atomic E-state index is 5.95. The standard InChI is InChI=1S/C15H17ClN2OS2/c1-18(9-11-4-6-14(16)21-11)8-10-3-5-13(19-2)12(7-10)15(17)20/h3-7H,8-9H2,1-2H3,(H2,17,20). The fourth-order valence-corrected chi connectivity index (χ4v) is 3.44. The minimum Gasteiger partial charge on any atom is -0.496 e. The van der Waals surface area contributed by atoms with E-state index in [0.29, 0.717) is 10.7 Å². The zero-order valence-electron chi connectivity index (χ0n) is 11.9. The average molecular weight is 341 g/mol. The smallest absolute Gasteiger partial charge is 0.129 e. The van der Waals surface area contributed by atoms with Gasteiger partial charge in [0.25, 0.3) is 0 Å². The lowest BCUT2D eigenvalue weighted by atomic mass is 10.1. The quantitative estimate of drug-likeness (QED) is 0.814. The van der Waals surface area contributed by atoms with Gasteiger partial charge in [-0.15, -0.1) is 11.3 Å². The summed E-state index contributed by atoms with van der Waals surface area (Å²) in [6, 6.07) is 9.89. The predicted molar refractivity (Wildman–Crippen MR) is 93.4 cm³/mol. The third-order valence-corrected chi connectivity index (χ3v) is 4.47. The second-order valence-corrected chi connectivity index (χ2v) is 7.02. The van der Waals surface area contributed by atoms with Crippen LogP contribution in [0.25, 0.3) is 0 Å². The van der Waals surface area contributed by atoms with Gasteiger partial charge in [-0.25, -0.2) is 0 Å². The molecule has 0 aliphatic heterocycles. The lowest BCUT2D eigenvalue weighted by molar-refractivity contribution is 0.321. The molecule has 0 spiro atoms. The van der Waals surface area contributed by atoms with Gasteiger partial charge in [0, 0.05) is 18.0 Å². The molecule has 2 N–H and O–H groups in total. The Morgan fingerprint density at radius 3 is 2.67 bits per heavy atom. The Labute approximate surface area is 139 Å². The van der Waals surface area contributed by atoms with Gasteiger partial charge in [-0.2, -0.15) is 0 Å². The van der Waals surface area contributed by atoms with Crippen LogP contribution in [0.5, 0.6) is 5.75 Å². The molecule has 1 heterocycles. The van der Waals surface area contributed by atoms with E-state index in [1.165, 1.54) is 4.88 Å². The molecule has 1 aromatic heterocycles. The van der Waals surface area contributed by atoms with Crippen LogP contribution in [0.15, 0.2) is 30.3 Å². The summed E-state index contributed by atoms with van der Waals surface area (Å²) in [5.41, 5.74) is 7.66. The number of ether oxygens (including phenoxy) is 1. The van der Waals surface area contributed by atoms with Gasteiger partial charge in [0.1, 0.15) is 10.7 Å². The number of methoxy groups -OCH3 is 1. The zero-order chi connectivity index (χ0) is 15.4. The average Bonchev–Trinajstić information content (AvgIpc) is 2.83. The summed E-state index contributed by atoms with van der Waals surface area (Å²) in [7, 11) is 3.68. The van der Waals surface area contributed by atoms with E-state index in [2.05, 4.69) is 18.0 Å². The van der Waals surface area contributed by atoms with E-state index < -0.39 is 0 Å². The van der Waals surface area contributed by atoms with Gasteiger partial charge in [0.2, 0.25) is 0 Å². The second-order valence-electron chi connectivity index (χ2n) is 4.78. The van der Waals surface area contributed by atoms with Gasteiger partial charge in [0.15, 0.2) is 0 Å². The maximum Gasteiger partial charge on any atom is 0.129 e. The van der Waals surface area contributed by atoms with Gasteiger partial charge in [0.05, 0.1) is 17.0 Å². The van der Waals surface area contributed by atoms with Crippen LogP contribution in [0.1, 0.15) is 16.0 Å². The van der Waals surface area contributed by atoms with E-state index in [-0.39, 0.29) is 0 Å². The van der Waals surface area contributed by atoms with Crippen molar-refractivity contribution in [2.75, 3.05) is 14.2 Å². The van der Waals surface area contributed by atoms with E-state index in [9.17, 15) is 0 Å². The maximum absolute atomic E-state index is 5.95. The molecule has 0 aliphatic carbocycles. The number of benzene rings is 1. The summed E-state index contributed by atoms with van der Waals surface area (Å²) >= 11 is 12.6. The first-order chi connectivity index (χ1) is 9.99. The van der Waals surface area contributed by atoms with E-state index in [0.717, 1.165) is 28.6 Å². The highest BCUT2D eigenvalue weighted by atomic mass is 35.5. The molecule has 0 atom stereocenters. The highest BCUT2D eigenvalue weighted by molar-refractivity contribution is 7.80. The Hall–Kier alpha value is -1.14. The normalized spacial score (nSPS) is 10.9. The summed E-state index contributed by atoms with van der Waals surface area (Å²) in [4.78, 5) is 3.81. The first-order valence-corrected chi connectivity index (χ1v) is 7.99. The summed E-state index contributed by atoms with van der Waals surface area (Å²) in [6.45, 7) is 1.65. The molecule has 112 valence electrons. The molecule has 2 aromatic rings. The topological polar surface area (TPSA) is 38.5 Å². The molecule has 0 bridgehead atoms. The van der Waals surface area contributed by atoms with Crippen LogP contribution < -0.4 is 10.5 Å². The minimum atomic E-state index is 0.349. The van der Waals surface area contributed by atoms with Crippen molar-refractivity contribution in [2.45, 2.75) is 13.1 Å². The van der Waals surface area contributed by atoms with Crippen molar-refractivity contribution in [1.29, 1.82) is 0 Å². The Kier molecular flexibility index (Phi) is 5.58. The Bertz CT molecular complexity index is 642. The van der Waals surface area contributed by atoms with Gasteiger partial charge in [-0.1, -0.05) is 29.9 Å². The fourth-order valence-electron chi connectivity index (χ4n) is 2.12.